The molecule has 1 unspecified atom stereocenters. The van der Waals surface area contributed by atoms with E-state index in [2.05, 4.69) is 258 Å². The van der Waals surface area contributed by atoms with Gasteiger partial charge in [0, 0.05) is 38.8 Å². The molecule has 0 spiro atoms. The van der Waals surface area contributed by atoms with E-state index in [9.17, 15) is 0 Å². The van der Waals surface area contributed by atoms with Crippen LogP contribution in [0.4, 0.5) is 0 Å². The molecule has 2 nitrogen and oxygen atoms in total. The molecule has 2 aromatic heterocycles. The Morgan fingerprint density at radius 3 is 1.40 bits per heavy atom. The van der Waals surface area contributed by atoms with E-state index in [1.54, 1.807) is 0 Å². The third-order valence-corrected chi connectivity index (χ3v) is 18.2. The number of aromatic nitrogens is 2. The molecule has 0 amide bonds. The molecule has 1 aliphatic rings. The number of rotatable bonds is 8. The molecule has 0 saturated carbocycles. The van der Waals surface area contributed by atoms with E-state index >= 15 is 0 Å². The van der Waals surface area contributed by atoms with Gasteiger partial charge in [-0.3, -0.25) is 0 Å². The van der Waals surface area contributed by atoms with Crippen LogP contribution in [0.25, 0.3) is 66.1 Å². The molecule has 0 N–H and O–H groups in total. The average molecular weight is 821 g/mol. The van der Waals surface area contributed by atoms with Gasteiger partial charge in [-0.1, -0.05) is 194 Å². The molecule has 0 bridgehead atoms. The van der Waals surface area contributed by atoms with E-state index in [0.29, 0.717) is 0 Å². The first-order valence-corrected chi connectivity index (χ1v) is 24.0. The highest BCUT2D eigenvalue weighted by molar-refractivity contribution is 7.19. The average Bonchev–Trinajstić information content (AvgIpc) is 3.88. The molecule has 1 aliphatic carbocycles. The first-order valence-electron chi connectivity index (χ1n) is 22.0. The van der Waals surface area contributed by atoms with Crippen LogP contribution >= 0.6 is 0 Å². The molecule has 2 heterocycles. The zero-order valence-corrected chi connectivity index (χ0v) is 35.9. The summed E-state index contributed by atoms with van der Waals surface area (Å²) in [5.41, 5.74) is 11.1. The molecule has 3 heteroatoms. The molecule has 0 fully saturated rings. The van der Waals surface area contributed by atoms with Crippen molar-refractivity contribution in [3.8, 4) is 16.8 Å². The van der Waals surface area contributed by atoms with Gasteiger partial charge in [0.1, 0.15) is 0 Å². The second kappa shape index (κ2) is 15.3. The maximum absolute atomic E-state index is 2.73. The fourth-order valence-corrected chi connectivity index (χ4v) is 15.4. The lowest BCUT2D eigenvalue weighted by atomic mass is 9.89. The maximum atomic E-state index is 2.51. The molecule has 9 aromatic carbocycles. The van der Waals surface area contributed by atoms with E-state index in [4.69, 9.17) is 0 Å². The zero-order valence-electron chi connectivity index (χ0n) is 34.9. The number of benzene rings is 9. The van der Waals surface area contributed by atoms with Crippen molar-refractivity contribution in [2.24, 2.45) is 0 Å². The fourth-order valence-electron chi connectivity index (χ4n) is 10.6. The van der Waals surface area contributed by atoms with Crippen LogP contribution in [-0.4, -0.2) is 17.2 Å². The van der Waals surface area contributed by atoms with E-state index < -0.39 is 8.07 Å². The summed E-state index contributed by atoms with van der Waals surface area (Å²) in [5.74, 6) is 0.282. The van der Waals surface area contributed by atoms with Crippen LogP contribution in [0.1, 0.15) is 17.9 Å². The summed E-state index contributed by atoms with van der Waals surface area (Å²) >= 11 is 0. The van der Waals surface area contributed by atoms with Crippen molar-refractivity contribution in [1.82, 2.24) is 9.13 Å². The standard InChI is InChI=1S/C60H44N2Si/c1-5-20-43(21-6-1)51-30-13-16-33-56(51)62-58-35-18-15-32-53(58)55-41-45(37-39-60(55)62)44-36-38-59-54(40-44)52-31-14-17-34-57(52)61(59)46-22-19-29-50(42-46)63(47-23-7-2-8-24-47,48-25-9-3-10-26-48)49-27-11-4-12-28-49/h1-29,31-42,51H,30H2. The Bertz CT molecular complexity index is 3430. The van der Waals surface area contributed by atoms with Gasteiger partial charge in [-0.05, 0) is 98.5 Å². The predicted octanol–water partition coefficient (Wildman–Crippen LogP) is 12.5. The molecular formula is C60H44N2Si. The summed E-state index contributed by atoms with van der Waals surface area (Å²) < 4.78 is 4.98. The normalized spacial score (nSPS) is 14.2. The molecular weight excluding hydrogens is 777 g/mol. The monoisotopic (exact) mass is 820 g/mol. The van der Waals surface area contributed by atoms with Crippen LogP contribution < -0.4 is 20.7 Å². The minimum atomic E-state index is -2.73. The van der Waals surface area contributed by atoms with Gasteiger partial charge in [-0.25, -0.2) is 0 Å². The Balaban J connectivity index is 1.02. The second-order valence-electron chi connectivity index (χ2n) is 16.8. The topological polar surface area (TPSA) is 9.86 Å². The van der Waals surface area contributed by atoms with Gasteiger partial charge in [0.25, 0.3) is 0 Å². The predicted molar refractivity (Wildman–Crippen MR) is 270 cm³/mol. The highest BCUT2D eigenvalue weighted by atomic mass is 28.3. The van der Waals surface area contributed by atoms with Gasteiger partial charge < -0.3 is 9.13 Å². The quantitative estimate of drug-likeness (QED) is 0.107. The number of fused-ring (bicyclic) bond motifs is 6. The van der Waals surface area contributed by atoms with Gasteiger partial charge in [0.2, 0.25) is 0 Å². The third kappa shape index (κ3) is 6.00. The number of para-hydroxylation sites is 2. The Kier molecular flexibility index (Phi) is 9.02. The summed E-state index contributed by atoms with van der Waals surface area (Å²) in [5, 5.41) is 10.5. The van der Waals surface area contributed by atoms with Crippen molar-refractivity contribution < 1.29 is 0 Å². The van der Waals surface area contributed by atoms with Crippen molar-refractivity contribution in [2.45, 2.75) is 12.3 Å². The highest BCUT2D eigenvalue weighted by Crippen LogP contribution is 2.42. The van der Waals surface area contributed by atoms with Crippen LogP contribution in [0, 0.1) is 0 Å². The molecule has 0 aliphatic heterocycles. The summed E-state index contributed by atoms with van der Waals surface area (Å²) in [6.07, 6.45) is 7.81. The minimum absolute atomic E-state index is 0.282. The minimum Gasteiger partial charge on any atom is -0.312 e. The van der Waals surface area contributed by atoms with Crippen LogP contribution in [0.15, 0.2) is 249 Å². The summed E-state index contributed by atoms with van der Waals surface area (Å²) in [6, 6.07) is 85.9. The zero-order chi connectivity index (χ0) is 41.7. The van der Waals surface area contributed by atoms with Crippen LogP contribution in [0.5, 0.6) is 0 Å². The first kappa shape index (κ1) is 37.1. The smallest absolute Gasteiger partial charge is 0.179 e. The maximum Gasteiger partial charge on any atom is 0.179 e. The number of allylic oxidation sites excluding steroid dienone is 4. The van der Waals surface area contributed by atoms with Crippen molar-refractivity contribution >= 4 is 78.1 Å². The summed E-state index contributed by atoms with van der Waals surface area (Å²) in [6.45, 7) is 0. The number of hydrogen-bond acceptors (Lipinski definition) is 0. The molecule has 298 valence electrons. The lowest BCUT2D eigenvalue weighted by Gasteiger charge is -2.34. The highest BCUT2D eigenvalue weighted by Gasteiger charge is 2.41. The third-order valence-electron chi connectivity index (χ3n) is 13.4. The van der Waals surface area contributed by atoms with Gasteiger partial charge in [0.05, 0.1) is 22.1 Å². The van der Waals surface area contributed by atoms with E-state index in [0.717, 1.165) is 6.42 Å². The van der Waals surface area contributed by atoms with Crippen molar-refractivity contribution in [1.29, 1.82) is 0 Å². The lowest BCUT2D eigenvalue weighted by Crippen LogP contribution is -2.74. The second-order valence-corrected chi connectivity index (χ2v) is 20.6. The van der Waals surface area contributed by atoms with Crippen LogP contribution in [0.2, 0.25) is 0 Å². The van der Waals surface area contributed by atoms with Crippen LogP contribution in [-0.2, 0) is 0 Å². The van der Waals surface area contributed by atoms with Crippen molar-refractivity contribution in [2.75, 3.05) is 0 Å². The summed E-state index contributed by atoms with van der Waals surface area (Å²) in [7, 11) is -2.73. The fraction of sp³-hybridized carbons (Fsp3) is 0.0333. The molecule has 12 rings (SSSR count). The molecule has 1 atom stereocenters. The SMILES string of the molecule is C1=CCC(c2ccccc2)C(n2c3ccccc3c3cc(-c4ccc5c(c4)c4ccccc4n5-c4cccc([Si](c5ccccc5)(c5ccccc5)c5ccccc5)c4)ccc32)=C1. The van der Waals surface area contributed by atoms with Gasteiger partial charge in [0.15, 0.2) is 8.07 Å². The largest absolute Gasteiger partial charge is 0.312 e. The number of hydrogen-bond donors (Lipinski definition) is 0. The molecule has 63 heavy (non-hydrogen) atoms. The van der Waals surface area contributed by atoms with Gasteiger partial charge >= 0.3 is 0 Å². The summed E-state index contributed by atoms with van der Waals surface area (Å²) in [4.78, 5) is 0. The van der Waals surface area contributed by atoms with Crippen LogP contribution in [0.3, 0.4) is 0 Å². The van der Waals surface area contributed by atoms with Gasteiger partial charge in [-0.2, -0.15) is 0 Å². The number of nitrogens with zero attached hydrogens (tertiary/aromatic N) is 2. The molecule has 11 aromatic rings. The lowest BCUT2D eigenvalue weighted by molar-refractivity contribution is 0.830. The first-order chi connectivity index (χ1) is 31.3. The van der Waals surface area contributed by atoms with E-state index in [-0.39, 0.29) is 5.92 Å². The molecule has 0 radical (unpaired) electrons. The van der Waals surface area contributed by atoms with Gasteiger partial charge in [-0.15, -0.1) is 0 Å². The van der Waals surface area contributed by atoms with E-state index in [1.165, 1.54) is 92.4 Å². The van der Waals surface area contributed by atoms with E-state index in [1.807, 2.05) is 0 Å². The Labute approximate surface area is 369 Å². The Hall–Kier alpha value is -7.72. The Morgan fingerprint density at radius 2 is 0.825 bits per heavy atom. The molecule has 0 saturated heterocycles. The van der Waals surface area contributed by atoms with Crippen molar-refractivity contribution in [3.63, 3.8) is 0 Å². The Morgan fingerprint density at radius 1 is 0.365 bits per heavy atom. The van der Waals surface area contributed by atoms with Crippen molar-refractivity contribution in [3.05, 3.63) is 254 Å².